The van der Waals surface area contributed by atoms with Gasteiger partial charge in [0.25, 0.3) is 0 Å². The largest absolute Gasteiger partial charge is 0.466 e. The van der Waals surface area contributed by atoms with Crippen molar-refractivity contribution < 1.29 is 19.1 Å². The maximum Gasteiger partial charge on any atom is 0.323 e. The second-order valence-corrected chi connectivity index (χ2v) is 5.16. The Morgan fingerprint density at radius 2 is 1.79 bits per heavy atom. The third-order valence-electron chi connectivity index (χ3n) is 4.08. The highest BCUT2D eigenvalue weighted by Crippen LogP contribution is 2.37. The molecule has 2 saturated heterocycles. The molecule has 0 radical (unpaired) electrons. The monoisotopic (exact) mass is 269 g/mol. The molecule has 2 aliphatic heterocycles. The second-order valence-electron chi connectivity index (χ2n) is 5.16. The number of rotatable bonds is 4. The van der Waals surface area contributed by atoms with Crippen molar-refractivity contribution in [3.63, 3.8) is 0 Å². The van der Waals surface area contributed by atoms with Crippen LogP contribution < -0.4 is 0 Å². The van der Waals surface area contributed by atoms with E-state index in [9.17, 15) is 9.59 Å². The van der Waals surface area contributed by atoms with Gasteiger partial charge < -0.3 is 9.47 Å². The molecule has 3 atom stereocenters. The molecule has 5 nitrogen and oxygen atoms in total. The van der Waals surface area contributed by atoms with Gasteiger partial charge in [0.05, 0.1) is 19.1 Å². The highest BCUT2D eigenvalue weighted by atomic mass is 16.5. The molecule has 0 aromatic heterocycles. The van der Waals surface area contributed by atoms with Gasteiger partial charge in [0, 0.05) is 6.04 Å². The molecule has 0 aliphatic carbocycles. The first-order valence-electron chi connectivity index (χ1n) is 7.28. The molecule has 5 heteroatoms. The zero-order valence-electron chi connectivity index (χ0n) is 11.8. The Hall–Kier alpha value is -1.10. The Kier molecular flexibility index (Phi) is 4.80. The van der Waals surface area contributed by atoms with Crippen molar-refractivity contribution in [2.45, 2.75) is 51.6 Å². The van der Waals surface area contributed by atoms with Gasteiger partial charge in [-0.1, -0.05) is 6.42 Å². The van der Waals surface area contributed by atoms with E-state index in [1.807, 2.05) is 13.8 Å². The van der Waals surface area contributed by atoms with Crippen LogP contribution >= 0.6 is 0 Å². The molecule has 2 aliphatic rings. The third kappa shape index (κ3) is 2.91. The molecular formula is C14H23NO4. The molecule has 19 heavy (non-hydrogen) atoms. The maximum atomic E-state index is 12.0. The maximum absolute atomic E-state index is 12.0. The van der Waals surface area contributed by atoms with Crippen LogP contribution in [0, 0.1) is 5.92 Å². The van der Waals surface area contributed by atoms with Gasteiger partial charge in [-0.3, -0.25) is 14.5 Å². The summed E-state index contributed by atoms with van der Waals surface area (Å²) in [5, 5.41) is 0. The van der Waals surface area contributed by atoms with Crippen molar-refractivity contribution in [1.82, 2.24) is 4.90 Å². The summed E-state index contributed by atoms with van der Waals surface area (Å²) in [7, 11) is 0. The van der Waals surface area contributed by atoms with Gasteiger partial charge >= 0.3 is 11.9 Å². The minimum Gasteiger partial charge on any atom is -0.466 e. The summed E-state index contributed by atoms with van der Waals surface area (Å²) in [6.07, 6.45) is 3.72. The minimum atomic E-state index is -0.264. The molecule has 0 bridgehead atoms. The lowest BCUT2D eigenvalue weighted by Crippen LogP contribution is -2.45. The van der Waals surface area contributed by atoms with E-state index >= 15 is 0 Å². The molecular weight excluding hydrogens is 246 g/mol. The normalized spacial score (nSPS) is 30.7. The summed E-state index contributed by atoms with van der Waals surface area (Å²) in [4.78, 5) is 26.2. The average molecular weight is 269 g/mol. The Labute approximate surface area is 114 Å². The van der Waals surface area contributed by atoms with Gasteiger partial charge in [-0.15, -0.1) is 0 Å². The summed E-state index contributed by atoms with van der Waals surface area (Å²) in [5.41, 5.74) is 0. The number of carbonyl (C=O) groups is 2. The Balaban J connectivity index is 2.10. The second kappa shape index (κ2) is 6.37. The van der Waals surface area contributed by atoms with Crippen molar-refractivity contribution in [3.8, 4) is 0 Å². The van der Waals surface area contributed by atoms with Crippen LogP contribution in [0.2, 0.25) is 0 Å². The molecule has 0 aromatic carbocycles. The SMILES string of the molecule is CCOC(=O)C1CC(C(=O)OCC)N2CCCCC12. The summed E-state index contributed by atoms with van der Waals surface area (Å²) in [5.74, 6) is -0.526. The lowest BCUT2D eigenvalue weighted by Gasteiger charge is -2.34. The molecule has 0 spiro atoms. The molecule has 0 aromatic rings. The van der Waals surface area contributed by atoms with Gasteiger partial charge in [-0.25, -0.2) is 0 Å². The zero-order chi connectivity index (χ0) is 13.8. The molecule has 108 valence electrons. The number of esters is 2. The van der Waals surface area contributed by atoms with Crippen molar-refractivity contribution >= 4 is 11.9 Å². The number of fused-ring (bicyclic) bond motifs is 1. The van der Waals surface area contributed by atoms with Crippen molar-refractivity contribution in [3.05, 3.63) is 0 Å². The first-order chi connectivity index (χ1) is 9.19. The van der Waals surface area contributed by atoms with Crippen LogP contribution in [0.25, 0.3) is 0 Å². The summed E-state index contributed by atoms with van der Waals surface area (Å²) in [6, 6.07) is -0.109. The van der Waals surface area contributed by atoms with Crippen molar-refractivity contribution in [2.24, 2.45) is 5.92 Å². The quantitative estimate of drug-likeness (QED) is 0.721. The zero-order valence-corrected chi connectivity index (χ0v) is 11.8. The van der Waals surface area contributed by atoms with Gasteiger partial charge in [-0.2, -0.15) is 0 Å². The Morgan fingerprint density at radius 3 is 2.47 bits per heavy atom. The fourth-order valence-electron chi connectivity index (χ4n) is 3.30. The molecule has 0 saturated carbocycles. The highest BCUT2D eigenvalue weighted by Gasteiger charge is 2.49. The van der Waals surface area contributed by atoms with E-state index in [2.05, 4.69) is 4.90 Å². The number of hydrogen-bond donors (Lipinski definition) is 0. The number of ether oxygens (including phenoxy) is 2. The minimum absolute atomic E-state index is 0.155. The van der Waals surface area contributed by atoms with E-state index in [1.54, 1.807) is 0 Å². The van der Waals surface area contributed by atoms with Gasteiger partial charge in [0.1, 0.15) is 6.04 Å². The fraction of sp³-hybridized carbons (Fsp3) is 0.857. The number of piperidine rings is 1. The Bertz CT molecular complexity index is 312. The summed E-state index contributed by atoms with van der Waals surface area (Å²) < 4.78 is 10.3. The van der Waals surface area contributed by atoms with Gasteiger partial charge in [0.15, 0.2) is 0 Å². The first kappa shape index (κ1) is 14.3. The van der Waals surface area contributed by atoms with Crippen LogP contribution in [0.5, 0.6) is 0 Å². The predicted molar refractivity (Wildman–Crippen MR) is 69.5 cm³/mol. The lowest BCUT2D eigenvalue weighted by molar-refractivity contribution is -0.150. The van der Waals surface area contributed by atoms with E-state index in [-0.39, 0.29) is 29.9 Å². The standard InChI is InChI=1S/C14H23NO4/c1-3-18-13(16)10-9-12(14(17)19-4-2)15-8-6-5-7-11(10)15/h10-12H,3-9H2,1-2H3. The topological polar surface area (TPSA) is 55.8 Å². The number of carbonyl (C=O) groups excluding carboxylic acids is 2. The van der Waals surface area contributed by atoms with Crippen LogP contribution in [0.3, 0.4) is 0 Å². The highest BCUT2D eigenvalue weighted by molar-refractivity contribution is 5.80. The summed E-state index contributed by atoms with van der Waals surface area (Å²) in [6.45, 7) is 5.28. The Morgan fingerprint density at radius 1 is 1.11 bits per heavy atom. The molecule has 3 unspecified atom stereocenters. The average Bonchev–Trinajstić information content (AvgIpc) is 2.79. The lowest BCUT2D eigenvalue weighted by atomic mass is 9.93. The van der Waals surface area contributed by atoms with Crippen LogP contribution in [-0.4, -0.2) is 48.7 Å². The van der Waals surface area contributed by atoms with E-state index in [0.717, 1.165) is 25.8 Å². The molecule has 0 N–H and O–H groups in total. The van der Waals surface area contributed by atoms with Crippen LogP contribution in [-0.2, 0) is 19.1 Å². The third-order valence-corrected chi connectivity index (χ3v) is 4.08. The van der Waals surface area contributed by atoms with E-state index < -0.39 is 0 Å². The van der Waals surface area contributed by atoms with Gasteiger partial charge in [-0.05, 0) is 39.7 Å². The van der Waals surface area contributed by atoms with Crippen LogP contribution in [0.15, 0.2) is 0 Å². The van der Waals surface area contributed by atoms with Gasteiger partial charge in [0.2, 0.25) is 0 Å². The first-order valence-corrected chi connectivity index (χ1v) is 7.28. The molecule has 0 amide bonds. The summed E-state index contributed by atoms with van der Waals surface area (Å²) >= 11 is 0. The number of hydrogen-bond acceptors (Lipinski definition) is 5. The molecule has 2 rings (SSSR count). The van der Waals surface area contributed by atoms with Crippen LogP contribution in [0.4, 0.5) is 0 Å². The van der Waals surface area contributed by atoms with E-state index in [0.29, 0.717) is 19.6 Å². The number of nitrogens with zero attached hydrogens (tertiary/aromatic N) is 1. The molecule has 2 fully saturated rings. The molecule has 2 heterocycles. The fourth-order valence-corrected chi connectivity index (χ4v) is 3.30. The van der Waals surface area contributed by atoms with Crippen molar-refractivity contribution in [2.75, 3.05) is 19.8 Å². The van der Waals surface area contributed by atoms with Crippen molar-refractivity contribution in [1.29, 1.82) is 0 Å². The van der Waals surface area contributed by atoms with E-state index in [4.69, 9.17) is 9.47 Å². The van der Waals surface area contributed by atoms with Crippen LogP contribution in [0.1, 0.15) is 39.5 Å². The van der Waals surface area contributed by atoms with E-state index in [1.165, 1.54) is 0 Å². The smallest absolute Gasteiger partial charge is 0.323 e. The predicted octanol–water partition coefficient (Wildman–Crippen LogP) is 1.36.